The van der Waals surface area contributed by atoms with Crippen LogP contribution in [0, 0.1) is 0 Å². The number of methoxy groups -OCH3 is 1. The van der Waals surface area contributed by atoms with Crippen molar-refractivity contribution in [3.05, 3.63) is 72.6 Å². The number of amides is 1. The van der Waals surface area contributed by atoms with Crippen molar-refractivity contribution in [1.29, 1.82) is 0 Å². The number of aromatic nitrogens is 3. The van der Waals surface area contributed by atoms with Crippen molar-refractivity contribution < 1.29 is 9.53 Å². The molecule has 1 aromatic carbocycles. The molecule has 34 heavy (non-hydrogen) atoms. The zero-order chi connectivity index (χ0) is 23.6. The van der Waals surface area contributed by atoms with Gasteiger partial charge in [0, 0.05) is 62.8 Å². The molecular formula is C27H33N5O2. The highest BCUT2D eigenvalue weighted by Gasteiger charge is 2.21. The number of ether oxygens (including phenoxy) is 1. The standard InChI is InChI=1S/C27H33N5O2/c1-34-20-27(33)32-13-6-4-2-3-5-12-31(18-22-8-7-11-28-15-22)19-24-14-23(9-10-26(24)32)25-16-29-21-30-17-25/h7-11,14-17,21H,2-6,12-13,18-20H2,1H3. The molecule has 178 valence electrons. The number of benzene rings is 1. The molecule has 0 saturated heterocycles. The number of carbonyl (C=O) groups is 1. The van der Waals surface area contributed by atoms with Gasteiger partial charge in [-0.25, -0.2) is 9.97 Å². The van der Waals surface area contributed by atoms with Gasteiger partial charge in [0.1, 0.15) is 12.9 Å². The third kappa shape index (κ3) is 6.46. The van der Waals surface area contributed by atoms with Gasteiger partial charge in [0.15, 0.2) is 0 Å². The minimum Gasteiger partial charge on any atom is -0.375 e. The van der Waals surface area contributed by atoms with E-state index < -0.39 is 0 Å². The summed E-state index contributed by atoms with van der Waals surface area (Å²) in [6.07, 6.45) is 14.6. The smallest absolute Gasteiger partial charge is 0.252 e. The number of hydrogen-bond donors (Lipinski definition) is 0. The van der Waals surface area contributed by atoms with Gasteiger partial charge < -0.3 is 9.64 Å². The number of anilines is 1. The van der Waals surface area contributed by atoms with Crippen molar-refractivity contribution in [3.8, 4) is 11.1 Å². The maximum Gasteiger partial charge on any atom is 0.252 e. The molecule has 0 radical (unpaired) electrons. The molecule has 3 aromatic rings. The molecule has 0 N–H and O–H groups in total. The SMILES string of the molecule is COCC(=O)N1CCCCCCCN(Cc2cccnc2)Cc2cc(-c3cncnc3)ccc21. The minimum atomic E-state index is -0.00425. The van der Waals surface area contributed by atoms with Crippen LogP contribution in [0.5, 0.6) is 0 Å². The summed E-state index contributed by atoms with van der Waals surface area (Å²) in [5, 5.41) is 0. The van der Waals surface area contributed by atoms with Crippen LogP contribution in [0.2, 0.25) is 0 Å². The topological polar surface area (TPSA) is 71.5 Å². The van der Waals surface area contributed by atoms with E-state index in [4.69, 9.17) is 4.74 Å². The molecule has 4 rings (SSSR count). The number of carbonyl (C=O) groups excluding carboxylic acids is 1. The van der Waals surface area contributed by atoms with Gasteiger partial charge in [-0.15, -0.1) is 0 Å². The summed E-state index contributed by atoms with van der Waals surface area (Å²) in [6, 6.07) is 10.4. The predicted octanol–water partition coefficient (Wildman–Crippen LogP) is 4.48. The minimum absolute atomic E-state index is 0.00425. The summed E-state index contributed by atoms with van der Waals surface area (Å²) in [5.41, 5.74) is 5.28. The first-order valence-corrected chi connectivity index (χ1v) is 12.0. The Labute approximate surface area is 201 Å². The monoisotopic (exact) mass is 459 g/mol. The molecule has 2 aromatic heterocycles. The lowest BCUT2D eigenvalue weighted by Gasteiger charge is -2.29. The highest BCUT2D eigenvalue weighted by atomic mass is 16.5. The molecule has 3 heterocycles. The number of pyridine rings is 1. The third-order valence-corrected chi connectivity index (χ3v) is 6.21. The van der Waals surface area contributed by atoms with Crippen LogP contribution in [-0.2, 0) is 22.6 Å². The predicted molar refractivity (Wildman–Crippen MR) is 133 cm³/mol. The Bertz CT molecular complexity index is 1050. The molecule has 0 bridgehead atoms. The fourth-order valence-electron chi connectivity index (χ4n) is 4.52. The summed E-state index contributed by atoms with van der Waals surface area (Å²) in [5.74, 6) is -0.00425. The molecule has 0 aliphatic carbocycles. The van der Waals surface area contributed by atoms with Crippen LogP contribution in [0.1, 0.15) is 43.2 Å². The first kappa shape index (κ1) is 24.0. The maximum atomic E-state index is 13.1. The lowest BCUT2D eigenvalue weighted by Crippen LogP contribution is -2.36. The third-order valence-electron chi connectivity index (χ3n) is 6.21. The van der Waals surface area contributed by atoms with Gasteiger partial charge in [-0.3, -0.25) is 14.7 Å². The van der Waals surface area contributed by atoms with E-state index in [2.05, 4.69) is 44.1 Å². The second-order valence-corrected chi connectivity index (χ2v) is 8.79. The lowest BCUT2D eigenvalue weighted by molar-refractivity contribution is -0.122. The van der Waals surface area contributed by atoms with Gasteiger partial charge in [-0.1, -0.05) is 31.4 Å². The molecule has 0 saturated carbocycles. The molecule has 7 heteroatoms. The van der Waals surface area contributed by atoms with Gasteiger partial charge in [-0.05, 0) is 54.3 Å². The van der Waals surface area contributed by atoms with Gasteiger partial charge in [0.25, 0.3) is 5.91 Å². The fourth-order valence-corrected chi connectivity index (χ4v) is 4.52. The van der Waals surface area contributed by atoms with Gasteiger partial charge in [0.2, 0.25) is 0 Å². The summed E-state index contributed by atoms with van der Waals surface area (Å²) in [7, 11) is 1.57. The highest BCUT2D eigenvalue weighted by Crippen LogP contribution is 2.30. The molecule has 0 unspecified atom stereocenters. The number of rotatable bonds is 5. The second-order valence-electron chi connectivity index (χ2n) is 8.79. The molecule has 1 amide bonds. The first-order valence-electron chi connectivity index (χ1n) is 12.0. The lowest BCUT2D eigenvalue weighted by atomic mass is 10.0. The largest absolute Gasteiger partial charge is 0.375 e. The fraction of sp³-hybridized carbons (Fsp3) is 0.407. The molecule has 0 fully saturated rings. The van der Waals surface area contributed by atoms with Gasteiger partial charge in [0.05, 0.1) is 0 Å². The van der Waals surface area contributed by atoms with E-state index >= 15 is 0 Å². The Hall–Kier alpha value is -3.16. The van der Waals surface area contributed by atoms with Crippen molar-refractivity contribution in [3.63, 3.8) is 0 Å². The van der Waals surface area contributed by atoms with Crippen molar-refractivity contribution >= 4 is 11.6 Å². The normalized spacial score (nSPS) is 15.7. The summed E-state index contributed by atoms with van der Waals surface area (Å²) in [4.78, 5) is 30.1. The number of fused-ring (bicyclic) bond motifs is 1. The van der Waals surface area contributed by atoms with Crippen molar-refractivity contribution in [2.45, 2.75) is 45.2 Å². The quantitative estimate of drug-likeness (QED) is 0.560. The van der Waals surface area contributed by atoms with E-state index in [1.54, 1.807) is 7.11 Å². The van der Waals surface area contributed by atoms with Gasteiger partial charge >= 0.3 is 0 Å². The van der Waals surface area contributed by atoms with E-state index in [-0.39, 0.29) is 12.5 Å². The van der Waals surface area contributed by atoms with Crippen LogP contribution < -0.4 is 4.90 Å². The average molecular weight is 460 g/mol. The summed E-state index contributed by atoms with van der Waals surface area (Å²) >= 11 is 0. The molecule has 0 spiro atoms. The Morgan fingerprint density at radius 3 is 2.50 bits per heavy atom. The Balaban J connectivity index is 1.73. The van der Waals surface area contributed by atoms with E-state index in [1.165, 1.54) is 24.7 Å². The van der Waals surface area contributed by atoms with Crippen molar-refractivity contribution in [2.75, 3.05) is 31.7 Å². The summed E-state index contributed by atoms with van der Waals surface area (Å²) < 4.78 is 5.21. The summed E-state index contributed by atoms with van der Waals surface area (Å²) in [6.45, 7) is 3.33. The van der Waals surface area contributed by atoms with E-state index in [0.717, 1.165) is 61.3 Å². The Kier molecular flexibility index (Phi) is 8.71. The molecular weight excluding hydrogens is 426 g/mol. The Morgan fingerprint density at radius 2 is 1.74 bits per heavy atom. The zero-order valence-electron chi connectivity index (χ0n) is 19.9. The van der Waals surface area contributed by atoms with Crippen LogP contribution in [-0.4, -0.2) is 52.6 Å². The molecule has 7 nitrogen and oxygen atoms in total. The van der Waals surface area contributed by atoms with Crippen LogP contribution >= 0.6 is 0 Å². The number of hydrogen-bond acceptors (Lipinski definition) is 6. The Morgan fingerprint density at radius 1 is 0.941 bits per heavy atom. The van der Waals surface area contributed by atoms with Crippen molar-refractivity contribution in [1.82, 2.24) is 19.9 Å². The van der Waals surface area contributed by atoms with E-state index in [1.807, 2.05) is 35.8 Å². The maximum absolute atomic E-state index is 13.1. The van der Waals surface area contributed by atoms with Crippen LogP contribution in [0.15, 0.2) is 61.4 Å². The zero-order valence-corrected chi connectivity index (χ0v) is 19.9. The van der Waals surface area contributed by atoms with E-state index in [0.29, 0.717) is 6.54 Å². The highest BCUT2D eigenvalue weighted by molar-refractivity contribution is 5.95. The van der Waals surface area contributed by atoms with E-state index in [9.17, 15) is 4.79 Å². The van der Waals surface area contributed by atoms with Crippen molar-refractivity contribution in [2.24, 2.45) is 0 Å². The first-order chi connectivity index (χ1) is 16.7. The molecule has 1 aliphatic heterocycles. The molecule has 1 aliphatic rings. The average Bonchev–Trinajstić information content (AvgIpc) is 2.86. The molecule has 0 atom stereocenters. The van der Waals surface area contributed by atoms with Crippen LogP contribution in [0.3, 0.4) is 0 Å². The second kappa shape index (κ2) is 12.3. The van der Waals surface area contributed by atoms with Gasteiger partial charge in [-0.2, -0.15) is 0 Å². The number of nitrogens with zero attached hydrogens (tertiary/aromatic N) is 5. The van der Waals surface area contributed by atoms with Crippen LogP contribution in [0.25, 0.3) is 11.1 Å². The van der Waals surface area contributed by atoms with Crippen LogP contribution in [0.4, 0.5) is 5.69 Å².